The molecule has 2 aromatic heterocycles. The zero-order chi connectivity index (χ0) is 37.0. The van der Waals surface area contributed by atoms with Crippen molar-refractivity contribution in [2.24, 2.45) is 0 Å². The van der Waals surface area contributed by atoms with E-state index in [0.717, 1.165) is 51.2 Å². The lowest BCUT2D eigenvalue weighted by Gasteiger charge is -2.34. The first-order chi connectivity index (χ1) is 25.7. The number of benzene rings is 5. The van der Waals surface area contributed by atoms with Crippen molar-refractivity contribution in [1.29, 1.82) is 0 Å². The lowest BCUT2D eigenvalue weighted by Crippen LogP contribution is -2.39. The summed E-state index contributed by atoms with van der Waals surface area (Å²) in [7, 11) is 1.35. The summed E-state index contributed by atoms with van der Waals surface area (Å²) >= 11 is 0. The molecule has 9 heteroatoms. The van der Waals surface area contributed by atoms with Gasteiger partial charge in [0.1, 0.15) is 17.1 Å². The maximum absolute atomic E-state index is 13.0. The maximum atomic E-state index is 13.0. The van der Waals surface area contributed by atoms with E-state index in [2.05, 4.69) is 61.5 Å². The van der Waals surface area contributed by atoms with E-state index in [0.29, 0.717) is 24.5 Å². The van der Waals surface area contributed by atoms with Gasteiger partial charge in [-0.05, 0) is 58.9 Å². The number of carbonyl (C=O) groups excluding carboxylic acids is 1. The molecule has 0 atom stereocenters. The normalized spacial score (nSPS) is 11.8. The summed E-state index contributed by atoms with van der Waals surface area (Å²) in [5.74, 6) is 0.700. The Hall–Kier alpha value is -6.19. The topological polar surface area (TPSA) is 108 Å². The monoisotopic (exact) mass is 702 g/mol. The molecule has 266 valence electrons. The third kappa shape index (κ3) is 6.67. The third-order valence-corrected chi connectivity index (χ3v) is 9.54. The average molecular weight is 703 g/mol. The van der Waals surface area contributed by atoms with Gasteiger partial charge in [-0.15, -0.1) is 15.0 Å². The van der Waals surface area contributed by atoms with Crippen LogP contribution >= 0.6 is 0 Å². The van der Waals surface area contributed by atoms with Crippen LogP contribution in [0.5, 0.6) is 0 Å². The molecule has 0 radical (unpaired) electrons. The van der Waals surface area contributed by atoms with Crippen LogP contribution in [0.2, 0.25) is 0 Å². The molecule has 0 aliphatic heterocycles. The van der Waals surface area contributed by atoms with E-state index in [1.807, 2.05) is 89.5 Å². The second kappa shape index (κ2) is 14.8. The fourth-order valence-electron chi connectivity index (χ4n) is 7.06. The van der Waals surface area contributed by atoms with Gasteiger partial charge in [0.15, 0.2) is 11.2 Å². The molecular formula is C44H42N6O3. The number of rotatable bonds is 12. The predicted molar refractivity (Wildman–Crippen MR) is 205 cm³/mol. The number of ether oxygens (including phenoxy) is 1. The minimum Gasteiger partial charge on any atom is -0.464 e. The van der Waals surface area contributed by atoms with Crippen molar-refractivity contribution < 1.29 is 14.6 Å². The highest BCUT2D eigenvalue weighted by atomic mass is 16.5. The van der Waals surface area contributed by atoms with E-state index in [-0.39, 0.29) is 5.69 Å². The van der Waals surface area contributed by atoms with Crippen LogP contribution in [-0.4, -0.2) is 47.9 Å². The average Bonchev–Trinajstić information content (AvgIpc) is 3.83. The number of aryl methyl sites for hydroxylation is 1. The van der Waals surface area contributed by atoms with Crippen LogP contribution in [0.3, 0.4) is 0 Å². The third-order valence-electron chi connectivity index (χ3n) is 9.54. The standard InChI is InChI=1S/C44H42N6O3/c1-5-17-38-45-40(43(2,3)52)39(42(51)53-4)49(38)30-31-26-28-32(29-27-31)36-24-15-16-25-37(36)41-46-48-50(47-41)44(33-18-9-6-10-19-33,34-20-11-7-12-21-34)35-22-13-8-14-23-35/h6-16,18-29,52H,5,17,30H2,1-4H3. The maximum Gasteiger partial charge on any atom is 0.356 e. The Balaban J connectivity index is 1.28. The summed E-state index contributed by atoms with van der Waals surface area (Å²) in [5, 5.41) is 25.5. The molecule has 2 heterocycles. The van der Waals surface area contributed by atoms with Crippen molar-refractivity contribution in [3.8, 4) is 22.5 Å². The van der Waals surface area contributed by atoms with Crippen molar-refractivity contribution in [1.82, 2.24) is 29.8 Å². The molecule has 5 aromatic carbocycles. The fourth-order valence-corrected chi connectivity index (χ4v) is 7.06. The van der Waals surface area contributed by atoms with Gasteiger partial charge in [-0.3, -0.25) is 0 Å². The highest BCUT2D eigenvalue weighted by Crippen LogP contribution is 2.40. The van der Waals surface area contributed by atoms with Crippen molar-refractivity contribution in [3.05, 3.63) is 179 Å². The van der Waals surface area contributed by atoms with Gasteiger partial charge in [0.25, 0.3) is 0 Å². The molecule has 0 saturated heterocycles. The van der Waals surface area contributed by atoms with E-state index in [1.165, 1.54) is 7.11 Å². The van der Waals surface area contributed by atoms with E-state index >= 15 is 0 Å². The van der Waals surface area contributed by atoms with Gasteiger partial charge in [0, 0.05) is 18.5 Å². The number of carbonyl (C=O) groups is 1. The Labute approximate surface area is 309 Å². The molecule has 9 nitrogen and oxygen atoms in total. The predicted octanol–water partition coefficient (Wildman–Crippen LogP) is 8.06. The summed E-state index contributed by atoms with van der Waals surface area (Å²) < 4.78 is 7.01. The van der Waals surface area contributed by atoms with Crippen molar-refractivity contribution >= 4 is 5.97 Å². The molecular weight excluding hydrogens is 661 g/mol. The smallest absolute Gasteiger partial charge is 0.356 e. The van der Waals surface area contributed by atoms with Gasteiger partial charge in [-0.1, -0.05) is 146 Å². The summed E-state index contributed by atoms with van der Waals surface area (Å²) in [6.45, 7) is 5.71. The zero-order valence-corrected chi connectivity index (χ0v) is 30.3. The number of nitrogens with zero attached hydrogens (tertiary/aromatic N) is 6. The summed E-state index contributed by atoms with van der Waals surface area (Å²) in [6.07, 6.45) is 1.49. The minimum absolute atomic E-state index is 0.268. The van der Waals surface area contributed by atoms with Gasteiger partial charge < -0.3 is 14.4 Å². The van der Waals surface area contributed by atoms with Crippen LogP contribution in [0.4, 0.5) is 0 Å². The lowest BCUT2D eigenvalue weighted by molar-refractivity contribution is 0.0532. The Morgan fingerprint density at radius 3 is 1.77 bits per heavy atom. The number of imidazole rings is 1. The number of hydrogen-bond donors (Lipinski definition) is 1. The van der Waals surface area contributed by atoms with Crippen LogP contribution in [0.25, 0.3) is 22.5 Å². The fraction of sp³-hybridized carbons (Fsp3) is 0.205. The van der Waals surface area contributed by atoms with Crippen LogP contribution in [0.1, 0.15) is 71.5 Å². The van der Waals surface area contributed by atoms with E-state index in [1.54, 1.807) is 18.6 Å². The number of tetrazole rings is 1. The number of aliphatic hydroxyl groups is 1. The van der Waals surface area contributed by atoms with Gasteiger partial charge in [-0.2, -0.15) is 0 Å². The second-order valence-corrected chi connectivity index (χ2v) is 13.6. The Morgan fingerprint density at radius 1 is 0.736 bits per heavy atom. The Morgan fingerprint density at radius 2 is 1.26 bits per heavy atom. The highest BCUT2D eigenvalue weighted by molar-refractivity contribution is 5.89. The summed E-state index contributed by atoms with van der Waals surface area (Å²) in [4.78, 5) is 19.5. The molecule has 53 heavy (non-hydrogen) atoms. The van der Waals surface area contributed by atoms with Gasteiger partial charge >= 0.3 is 5.97 Å². The molecule has 0 unspecified atom stereocenters. The second-order valence-electron chi connectivity index (χ2n) is 13.6. The van der Waals surface area contributed by atoms with E-state index < -0.39 is 17.1 Å². The van der Waals surface area contributed by atoms with Crippen LogP contribution < -0.4 is 0 Å². The van der Waals surface area contributed by atoms with Gasteiger partial charge in [-0.25, -0.2) is 9.78 Å². The number of hydrogen-bond acceptors (Lipinski definition) is 7. The quantitative estimate of drug-likeness (QED) is 0.101. The molecule has 7 rings (SSSR count). The molecule has 0 aliphatic carbocycles. The van der Waals surface area contributed by atoms with Gasteiger partial charge in [0.05, 0.1) is 7.11 Å². The molecule has 0 aliphatic rings. The Bertz CT molecular complexity index is 2210. The van der Waals surface area contributed by atoms with E-state index in [9.17, 15) is 9.90 Å². The summed E-state index contributed by atoms with van der Waals surface area (Å²) in [5.41, 5.74) is 5.16. The van der Waals surface area contributed by atoms with Crippen LogP contribution in [-0.2, 0) is 28.8 Å². The van der Waals surface area contributed by atoms with Crippen LogP contribution in [0, 0.1) is 0 Å². The van der Waals surface area contributed by atoms with Crippen molar-refractivity contribution in [3.63, 3.8) is 0 Å². The zero-order valence-electron chi connectivity index (χ0n) is 30.3. The molecule has 0 saturated carbocycles. The van der Waals surface area contributed by atoms with Crippen LogP contribution in [0.15, 0.2) is 140 Å². The van der Waals surface area contributed by atoms with E-state index in [4.69, 9.17) is 25.1 Å². The SMILES string of the molecule is CCCc1nc(C(C)(C)O)c(C(=O)OC)n1Cc1ccc(-c2ccccc2-c2nnn(C(c3ccccc3)(c3ccccc3)c3ccccc3)n2)cc1. The minimum atomic E-state index is -1.32. The first-order valence-electron chi connectivity index (χ1n) is 17.8. The molecule has 7 aromatic rings. The molecule has 0 spiro atoms. The van der Waals surface area contributed by atoms with Crippen molar-refractivity contribution in [2.75, 3.05) is 7.11 Å². The van der Waals surface area contributed by atoms with Gasteiger partial charge in [0.2, 0.25) is 5.82 Å². The first kappa shape index (κ1) is 35.2. The highest BCUT2D eigenvalue weighted by Gasteiger charge is 2.41. The van der Waals surface area contributed by atoms with Crippen molar-refractivity contribution in [2.45, 2.75) is 51.3 Å². The molecule has 1 N–H and O–H groups in total. The lowest BCUT2D eigenvalue weighted by atomic mass is 9.77. The number of esters is 1. The Kier molecular flexibility index (Phi) is 9.84. The first-order valence-corrected chi connectivity index (χ1v) is 17.8. The molecule has 0 bridgehead atoms. The largest absolute Gasteiger partial charge is 0.464 e. The molecule has 0 fully saturated rings. The number of aromatic nitrogens is 6. The molecule has 0 amide bonds. The summed E-state index contributed by atoms with van der Waals surface area (Å²) in [6, 6.07) is 47.1. The number of methoxy groups -OCH3 is 1.